The fourth-order valence-corrected chi connectivity index (χ4v) is 2.14. The van der Waals surface area contributed by atoms with Crippen molar-refractivity contribution in [1.29, 1.82) is 0 Å². The van der Waals surface area contributed by atoms with E-state index in [1.54, 1.807) is 6.07 Å². The summed E-state index contributed by atoms with van der Waals surface area (Å²) in [6.45, 7) is 3.30. The molecule has 0 saturated carbocycles. The summed E-state index contributed by atoms with van der Waals surface area (Å²) >= 11 is 0. The number of halogens is 1. The lowest BCUT2D eigenvalue weighted by molar-refractivity contribution is -0.387. The van der Waals surface area contributed by atoms with E-state index in [0.717, 1.165) is 13.0 Å². The fraction of sp³-hybridized carbons (Fsp3) is 0.250. The van der Waals surface area contributed by atoms with Gasteiger partial charge < -0.3 is 5.32 Å². The molecule has 0 amide bonds. The van der Waals surface area contributed by atoms with Crippen LogP contribution in [0.3, 0.4) is 0 Å². The molecule has 1 N–H and O–H groups in total. The minimum atomic E-state index is -0.794. The van der Waals surface area contributed by atoms with E-state index in [4.69, 9.17) is 0 Å². The van der Waals surface area contributed by atoms with Crippen molar-refractivity contribution in [3.8, 4) is 0 Å². The maximum absolute atomic E-state index is 13.4. The average molecular weight is 288 g/mol. The zero-order valence-corrected chi connectivity index (χ0v) is 11.8. The lowest BCUT2D eigenvalue weighted by Gasteiger charge is -2.06. The molecular formula is C16H17FN2O2. The Morgan fingerprint density at radius 1 is 1.19 bits per heavy atom. The molecular weight excluding hydrogens is 271 g/mol. The number of nitro benzene ring substituents is 1. The van der Waals surface area contributed by atoms with Crippen LogP contribution in [-0.4, -0.2) is 11.5 Å². The summed E-state index contributed by atoms with van der Waals surface area (Å²) in [5, 5.41) is 13.7. The average Bonchev–Trinajstić information content (AvgIpc) is 2.43. The minimum Gasteiger partial charge on any atom is -0.312 e. The van der Waals surface area contributed by atoms with E-state index < -0.39 is 16.4 Å². The summed E-state index contributed by atoms with van der Waals surface area (Å²) in [7, 11) is 0. The van der Waals surface area contributed by atoms with Crippen LogP contribution in [0.2, 0.25) is 0 Å². The molecule has 0 aliphatic heterocycles. The van der Waals surface area contributed by atoms with Gasteiger partial charge in [0.05, 0.1) is 4.92 Å². The molecule has 0 fully saturated rings. The molecule has 0 bridgehead atoms. The number of benzene rings is 2. The molecule has 21 heavy (non-hydrogen) atoms. The van der Waals surface area contributed by atoms with Crippen LogP contribution in [-0.2, 0) is 13.0 Å². The molecule has 0 aliphatic carbocycles. The Morgan fingerprint density at radius 2 is 2.00 bits per heavy atom. The highest BCUT2D eigenvalue weighted by Crippen LogP contribution is 2.17. The van der Waals surface area contributed by atoms with Gasteiger partial charge in [0.25, 0.3) is 0 Å². The highest BCUT2D eigenvalue weighted by atomic mass is 19.1. The van der Waals surface area contributed by atoms with Crippen molar-refractivity contribution in [2.24, 2.45) is 0 Å². The first-order chi connectivity index (χ1) is 10.1. The van der Waals surface area contributed by atoms with E-state index in [1.165, 1.54) is 23.3 Å². The molecule has 110 valence electrons. The molecule has 0 atom stereocenters. The summed E-state index contributed by atoms with van der Waals surface area (Å²) in [6, 6.07) is 12.3. The lowest BCUT2D eigenvalue weighted by atomic mass is 10.1. The van der Waals surface area contributed by atoms with Crippen LogP contribution in [0.4, 0.5) is 10.1 Å². The standard InChI is InChI=1S/C16H17FN2O2/c1-12-3-2-4-13(9-12)7-8-18-11-14-5-6-16(19(20)21)15(17)10-14/h2-6,9-10,18H,7-8,11H2,1H3. The number of rotatable bonds is 6. The highest BCUT2D eigenvalue weighted by molar-refractivity contribution is 5.35. The highest BCUT2D eigenvalue weighted by Gasteiger charge is 2.13. The first kappa shape index (κ1) is 15.1. The van der Waals surface area contributed by atoms with Gasteiger partial charge in [-0.1, -0.05) is 35.9 Å². The quantitative estimate of drug-likeness (QED) is 0.503. The smallest absolute Gasteiger partial charge is 0.304 e. The van der Waals surface area contributed by atoms with Gasteiger partial charge in [-0.15, -0.1) is 0 Å². The van der Waals surface area contributed by atoms with Crippen molar-refractivity contribution in [2.45, 2.75) is 19.9 Å². The van der Waals surface area contributed by atoms with Crippen LogP contribution in [0.5, 0.6) is 0 Å². The second kappa shape index (κ2) is 6.95. The maximum Gasteiger partial charge on any atom is 0.304 e. The first-order valence-corrected chi connectivity index (χ1v) is 6.75. The Balaban J connectivity index is 1.84. The van der Waals surface area contributed by atoms with Crippen LogP contribution in [0.15, 0.2) is 42.5 Å². The molecule has 2 aromatic rings. The Bertz CT molecular complexity index is 644. The fourth-order valence-electron chi connectivity index (χ4n) is 2.14. The molecule has 0 heterocycles. The number of hydrogen-bond acceptors (Lipinski definition) is 3. The summed E-state index contributed by atoms with van der Waals surface area (Å²) in [4.78, 5) is 9.81. The predicted molar refractivity (Wildman–Crippen MR) is 79.6 cm³/mol. The minimum absolute atomic E-state index is 0.487. The lowest BCUT2D eigenvalue weighted by Crippen LogP contribution is -2.16. The van der Waals surface area contributed by atoms with Gasteiger partial charge in [0.1, 0.15) is 0 Å². The number of nitrogens with zero attached hydrogens (tertiary/aromatic N) is 1. The Morgan fingerprint density at radius 3 is 2.67 bits per heavy atom. The van der Waals surface area contributed by atoms with E-state index in [0.29, 0.717) is 12.1 Å². The van der Waals surface area contributed by atoms with Crippen molar-refractivity contribution in [3.05, 3.63) is 75.1 Å². The molecule has 2 aromatic carbocycles. The summed E-state index contributed by atoms with van der Waals surface area (Å²) in [6.07, 6.45) is 0.886. The Labute approximate surface area is 122 Å². The van der Waals surface area contributed by atoms with E-state index >= 15 is 0 Å². The molecule has 0 aliphatic rings. The number of nitro groups is 1. The van der Waals surface area contributed by atoms with Gasteiger partial charge >= 0.3 is 5.69 Å². The van der Waals surface area contributed by atoms with Crippen molar-refractivity contribution in [1.82, 2.24) is 5.32 Å². The molecule has 0 saturated heterocycles. The van der Waals surface area contributed by atoms with Crippen molar-refractivity contribution in [2.75, 3.05) is 6.54 Å². The van der Waals surface area contributed by atoms with Gasteiger partial charge in [0.2, 0.25) is 5.82 Å². The third-order valence-corrected chi connectivity index (χ3v) is 3.21. The van der Waals surface area contributed by atoms with E-state index in [9.17, 15) is 14.5 Å². The largest absolute Gasteiger partial charge is 0.312 e. The van der Waals surface area contributed by atoms with Crippen LogP contribution in [0.1, 0.15) is 16.7 Å². The molecule has 4 nitrogen and oxygen atoms in total. The molecule has 0 aromatic heterocycles. The topological polar surface area (TPSA) is 55.2 Å². The van der Waals surface area contributed by atoms with E-state index in [-0.39, 0.29) is 0 Å². The van der Waals surface area contributed by atoms with Crippen LogP contribution >= 0.6 is 0 Å². The van der Waals surface area contributed by atoms with Gasteiger partial charge in [0.15, 0.2) is 0 Å². The Hall–Kier alpha value is -2.27. The van der Waals surface area contributed by atoms with E-state index in [1.807, 2.05) is 6.07 Å². The molecule has 0 unspecified atom stereocenters. The van der Waals surface area contributed by atoms with Crippen LogP contribution in [0.25, 0.3) is 0 Å². The van der Waals surface area contributed by atoms with Gasteiger partial charge in [0, 0.05) is 12.6 Å². The third kappa shape index (κ3) is 4.36. The second-order valence-corrected chi connectivity index (χ2v) is 4.96. The summed E-state index contributed by atoms with van der Waals surface area (Å²) in [5.41, 5.74) is 2.68. The summed E-state index contributed by atoms with van der Waals surface area (Å²) < 4.78 is 13.4. The van der Waals surface area contributed by atoms with Gasteiger partial charge in [-0.3, -0.25) is 10.1 Å². The van der Waals surface area contributed by atoms with Crippen molar-refractivity contribution >= 4 is 5.69 Å². The number of nitrogens with one attached hydrogen (secondary N) is 1. The molecule has 5 heteroatoms. The maximum atomic E-state index is 13.4. The molecule has 0 radical (unpaired) electrons. The van der Waals surface area contributed by atoms with E-state index in [2.05, 4.69) is 30.4 Å². The third-order valence-electron chi connectivity index (χ3n) is 3.21. The van der Waals surface area contributed by atoms with Crippen molar-refractivity contribution < 1.29 is 9.31 Å². The predicted octanol–water partition coefficient (Wildman–Crippen LogP) is 3.37. The monoisotopic (exact) mass is 288 g/mol. The van der Waals surface area contributed by atoms with Gasteiger partial charge in [-0.25, -0.2) is 0 Å². The number of aryl methyl sites for hydroxylation is 1. The van der Waals surface area contributed by atoms with Crippen LogP contribution < -0.4 is 5.32 Å². The molecule has 2 rings (SSSR count). The second-order valence-electron chi connectivity index (χ2n) is 4.96. The zero-order chi connectivity index (χ0) is 15.2. The zero-order valence-electron chi connectivity index (χ0n) is 11.8. The van der Waals surface area contributed by atoms with Crippen LogP contribution in [0, 0.1) is 22.9 Å². The first-order valence-electron chi connectivity index (χ1n) is 6.75. The SMILES string of the molecule is Cc1cccc(CCNCc2ccc([N+](=O)[O-])c(F)c2)c1. The number of hydrogen-bond donors (Lipinski definition) is 1. The summed E-state index contributed by atoms with van der Waals surface area (Å²) in [5.74, 6) is -0.794. The normalized spacial score (nSPS) is 10.6. The van der Waals surface area contributed by atoms with Crippen molar-refractivity contribution in [3.63, 3.8) is 0 Å². The van der Waals surface area contributed by atoms with Gasteiger partial charge in [-0.2, -0.15) is 4.39 Å². The van der Waals surface area contributed by atoms with Gasteiger partial charge in [-0.05, 0) is 37.1 Å². The Kier molecular flexibility index (Phi) is 5.00. The molecule has 0 spiro atoms.